The van der Waals surface area contributed by atoms with E-state index in [1.54, 1.807) is 0 Å². The van der Waals surface area contributed by atoms with E-state index < -0.39 is 8.07 Å². The fourth-order valence-electron chi connectivity index (χ4n) is 9.52. The molecule has 0 unspecified atom stereocenters. The Morgan fingerprint density at radius 2 is 0.661 bits per heavy atom. The van der Waals surface area contributed by atoms with Gasteiger partial charge >= 0.3 is 21.7 Å². The molecular formula is C57H63Cl3SiTi. The number of halogens is 3. The first kappa shape index (κ1) is 52.8. The van der Waals surface area contributed by atoms with Crippen LogP contribution in [0, 0.1) is 27.7 Å². The van der Waals surface area contributed by atoms with Gasteiger partial charge in [0.2, 0.25) is 0 Å². The molecule has 0 aromatic heterocycles. The van der Waals surface area contributed by atoms with Crippen molar-refractivity contribution in [1.82, 2.24) is 0 Å². The first-order chi connectivity index (χ1) is 27.3. The second kappa shape index (κ2) is 20.1. The molecule has 0 heterocycles. The predicted molar refractivity (Wildman–Crippen MR) is 257 cm³/mol. The van der Waals surface area contributed by atoms with Crippen molar-refractivity contribution in [3.05, 3.63) is 185 Å². The van der Waals surface area contributed by atoms with E-state index in [2.05, 4.69) is 236 Å². The van der Waals surface area contributed by atoms with Crippen LogP contribution in [0.3, 0.4) is 0 Å². The number of rotatable bonds is 7. The van der Waals surface area contributed by atoms with Crippen molar-refractivity contribution >= 4 is 28.8 Å². The number of benzene rings is 6. The van der Waals surface area contributed by atoms with E-state index in [0.717, 1.165) is 0 Å². The van der Waals surface area contributed by atoms with Gasteiger partial charge in [-0.15, -0.1) is 0 Å². The van der Waals surface area contributed by atoms with E-state index in [1.807, 2.05) is 0 Å². The second-order valence-electron chi connectivity index (χ2n) is 19.8. The van der Waals surface area contributed by atoms with E-state index >= 15 is 0 Å². The summed E-state index contributed by atoms with van der Waals surface area (Å²) in [5.41, 5.74) is 17.3. The van der Waals surface area contributed by atoms with Crippen LogP contribution in [0.4, 0.5) is 0 Å². The van der Waals surface area contributed by atoms with Crippen LogP contribution in [0.2, 0.25) is 0 Å². The van der Waals surface area contributed by atoms with Crippen LogP contribution >= 0.6 is 0 Å². The molecule has 0 N–H and O–H groups in total. The monoisotopic (exact) mass is 928 g/mol. The molecule has 0 radical (unpaired) electrons. The van der Waals surface area contributed by atoms with Crippen molar-refractivity contribution in [2.45, 2.75) is 106 Å². The van der Waals surface area contributed by atoms with Crippen molar-refractivity contribution < 1.29 is 58.9 Å². The van der Waals surface area contributed by atoms with Crippen LogP contribution in [0.1, 0.15) is 101 Å². The summed E-state index contributed by atoms with van der Waals surface area (Å²) in [6.07, 6.45) is 0. The topological polar surface area (TPSA) is 0 Å². The molecule has 0 fully saturated rings. The Balaban J connectivity index is 0.00000256. The summed E-state index contributed by atoms with van der Waals surface area (Å²) in [5, 5.41) is 5.85. The normalized spacial score (nSPS) is 11.8. The van der Waals surface area contributed by atoms with Crippen LogP contribution in [-0.4, -0.2) is 8.07 Å². The number of hydrogen-bond donors (Lipinski definition) is 0. The molecule has 0 aliphatic rings. The van der Waals surface area contributed by atoms with Gasteiger partial charge in [-0.3, -0.25) is 0 Å². The summed E-state index contributed by atoms with van der Waals surface area (Å²) in [6, 6.07) is 55.8. The van der Waals surface area contributed by atoms with E-state index in [9.17, 15) is 0 Å². The minimum Gasteiger partial charge on any atom is -1.00 e. The van der Waals surface area contributed by atoms with Crippen LogP contribution in [0.15, 0.2) is 146 Å². The Kier molecular flexibility index (Phi) is 17.1. The summed E-state index contributed by atoms with van der Waals surface area (Å²) < 4.78 is 0. The van der Waals surface area contributed by atoms with Crippen molar-refractivity contribution in [2.75, 3.05) is 0 Å². The van der Waals surface area contributed by atoms with Crippen molar-refractivity contribution in [3.8, 4) is 33.4 Å². The van der Waals surface area contributed by atoms with Gasteiger partial charge in [0, 0.05) is 0 Å². The van der Waals surface area contributed by atoms with Gasteiger partial charge < -0.3 is 37.2 Å². The Labute approximate surface area is 408 Å². The molecule has 62 heavy (non-hydrogen) atoms. The Bertz CT molecular complexity index is 2320. The maximum absolute atomic E-state index is 3.10. The maximum atomic E-state index is 2.63. The molecule has 0 spiro atoms. The molecule has 5 heteroatoms. The predicted octanol–water partition coefficient (Wildman–Crippen LogP) is 3.92. The van der Waals surface area contributed by atoms with Crippen LogP contribution < -0.4 is 58.0 Å². The third-order valence-corrected chi connectivity index (χ3v) is 17.9. The van der Waals surface area contributed by atoms with E-state index in [-0.39, 0.29) is 75.2 Å². The largest absolute Gasteiger partial charge is 4.00 e. The molecule has 0 atom stereocenters. The van der Waals surface area contributed by atoms with Crippen LogP contribution in [0.5, 0.6) is 0 Å². The fourth-order valence-corrected chi connectivity index (χ4v) is 15.0. The van der Waals surface area contributed by atoms with Gasteiger partial charge in [0.25, 0.3) is 0 Å². The summed E-state index contributed by atoms with van der Waals surface area (Å²) in [5.74, 6) is 0. The molecule has 0 saturated heterocycles. The third-order valence-electron chi connectivity index (χ3n) is 12.8. The van der Waals surface area contributed by atoms with Crippen molar-refractivity contribution in [2.24, 2.45) is 0 Å². The molecule has 7 aromatic rings. The first-order valence-corrected chi connectivity index (χ1v) is 23.2. The molecule has 7 aromatic carbocycles. The summed E-state index contributed by atoms with van der Waals surface area (Å²) in [4.78, 5) is 0. The molecule has 0 amide bonds. The quantitative estimate of drug-likeness (QED) is 0.129. The van der Waals surface area contributed by atoms with Crippen LogP contribution in [0.25, 0.3) is 33.4 Å². The van der Waals surface area contributed by atoms with Gasteiger partial charge in [0.05, 0.1) is 0 Å². The minimum atomic E-state index is -3.10. The zero-order chi connectivity index (χ0) is 41.8. The summed E-state index contributed by atoms with van der Waals surface area (Å²) in [7, 11) is -3.10. The zero-order valence-corrected chi connectivity index (χ0v) is 43.8. The maximum Gasteiger partial charge on any atom is 4.00 e. The smallest absolute Gasteiger partial charge is 1.00 e. The zero-order valence-electron chi connectivity index (χ0n) is 39.0. The molecule has 0 bridgehead atoms. The molecule has 0 aliphatic heterocycles. The van der Waals surface area contributed by atoms with E-state index in [4.69, 9.17) is 0 Å². The summed E-state index contributed by atoms with van der Waals surface area (Å²) in [6.45, 7) is 30.9. The minimum absolute atomic E-state index is 0. The van der Waals surface area contributed by atoms with Gasteiger partial charge in [-0.25, -0.2) is 0 Å². The van der Waals surface area contributed by atoms with Crippen LogP contribution in [-0.2, 0) is 38.0 Å². The standard InChI is InChI=1S/C57H63Si.3ClH.Ti/c1-38-39(2)41(4)54(40(38)3)58(45-29-32-48(42-23-17-14-18-24-42)51(35-45)55(5,6)7,46-30-33-49(43-25-19-15-20-26-43)52(36-46)56(8,9)10)47-31-34-50(44-27-21-16-22-28-44)53(37-47)57(11,12)13;;;;/h14-37H,1-13H3;3*1H;/q-1;;;;+4/p-3. The first-order valence-electron chi connectivity index (χ1n) is 21.2. The number of hydrogen-bond acceptors (Lipinski definition) is 0. The molecular weight excluding hydrogens is 867 g/mol. The third kappa shape index (κ3) is 9.75. The SMILES string of the molecule is Cc1c(C)c([Si](c2ccc(-c3ccccc3)c(C(C)(C)C)c2)(c2ccc(-c3ccccc3)c(C(C)(C)C)c2)c2ccc(-c3ccccc3)c(C(C)(C)C)c2)[c-](C)c1C.[Cl-].[Cl-].[Cl-].[Ti+4]. The average Bonchev–Trinajstić information content (AvgIpc) is 3.39. The van der Waals surface area contributed by atoms with Gasteiger partial charge in [0.15, 0.2) is 8.07 Å². The van der Waals surface area contributed by atoms with Gasteiger partial charge in [-0.1, -0.05) is 236 Å². The Hall–Kier alpha value is -3.53. The van der Waals surface area contributed by atoms with Crippen molar-refractivity contribution in [3.63, 3.8) is 0 Å². The molecule has 0 nitrogen and oxygen atoms in total. The van der Waals surface area contributed by atoms with E-state index in [0.29, 0.717) is 0 Å². The Morgan fingerprint density at radius 1 is 0.387 bits per heavy atom. The molecule has 0 aliphatic carbocycles. The Morgan fingerprint density at radius 3 is 0.887 bits per heavy atom. The molecule has 0 saturated carbocycles. The molecule has 320 valence electrons. The van der Waals surface area contributed by atoms with Crippen molar-refractivity contribution in [1.29, 1.82) is 0 Å². The van der Waals surface area contributed by atoms with E-state index in [1.165, 1.54) is 93.1 Å². The van der Waals surface area contributed by atoms with Gasteiger partial charge in [0.1, 0.15) is 0 Å². The second-order valence-corrected chi connectivity index (χ2v) is 23.5. The average molecular weight is 930 g/mol. The molecule has 7 rings (SSSR count). The summed E-state index contributed by atoms with van der Waals surface area (Å²) >= 11 is 0. The fraction of sp³-hybridized carbons (Fsp3) is 0.281. The van der Waals surface area contributed by atoms with Gasteiger partial charge in [-0.2, -0.15) is 27.4 Å². The van der Waals surface area contributed by atoms with Gasteiger partial charge in [-0.05, 0) is 81.9 Å².